The molecule has 0 unspecified atom stereocenters. The van der Waals surface area contributed by atoms with Crippen molar-refractivity contribution in [2.75, 3.05) is 0 Å². The summed E-state index contributed by atoms with van der Waals surface area (Å²) in [6.45, 7) is 0. The van der Waals surface area contributed by atoms with E-state index < -0.39 is 22.0 Å². The standard InChI is InChI=1S/C14H15F3N2O4S/c15-14(16,17)12-8-10(18-23-12)11-6-7-13(22-11)24(20,21)19-9-4-2-1-3-5-9/h6-9,19H,1-5H2. The highest BCUT2D eigenvalue weighted by Crippen LogP contribution is 2.33. The van der Waals surface area contributed by atoms with E-state index in [1.807, 2.05) is 0 Å². The third-order valence-electron chi connectivity index (χ3n) is 3.82. The monoisotopic (exact) mass is 364 g/mol. The number of hydrogen-bond acceptors (Lipinski definition) is 5. The Morgan fingerprint density at radius 1 is 1.17 bits per heavy atom. The topological polar surface area (TPSA) is 85.3 Å². The van der Waals surface area contributed by atoms with Crippen molar-refractivity contribution in [1.29, 1.82) is 0 Å². The van der Waals surface area contributed by atoms with Crippen LogP contribution in [0.2, 0.25) is 0 Å². The van der Waals surface area contributed by atoms with Crippen molar-refractivity contribution in [3.63, 3.8) is 0 Å². The molecule has 1 aliphatic carbocycles. The minimum atomic E-state index is -4.67. The van der Waals surface area contributed by atoms with E-state index in [2.05, 4.69) is 14.4 Å². The van der Waals surface area contributed by atoms with Crippen LogP contribution in [0.3, 0.4) is 0 Å². The summed E-state index contributed by atoms with van der Waals surface area (Å²) in [5.41, 5.74) is -0.221. The lowest BCUT2D eigenvalue weighted by atomic mass is 9.96. The van der Waals surface area contributed by atoms with Crippen molar-refractivity contribution in [3.8, 4) is 11.5 Å². The van der Waals surface area contributed by atoms with E-state index in [0.717, 1.165) is 32.1 Å². The van der Waals surface area contributed by atoms with Crippen LogP contribution in [0.1, 0.15) is 37.9 Å². The van der Waals surface area contributed by atoms with Crippen LogP contribution in [0.25, 0.3) is 11.5 Å². The van der Waals surface area contributed by atoms with Gasteiger partial charge in [0, 0.05) is 12.1 Å². The second-order valence-electron chi connectivity index (χ2n) is 5.65. The summed E-state index contributed by atoms with van der Waals surface area (Å²) >= 11 is 0. The highest BCUT2D eigenvalue weighted by atomic mass is 32.2. The molecule has 0 atom stereocenters. The SMILES string of the molecule is O=S(=O)(NC1CCCCC1)c1ccc(-c2cc(C(F)(F)F)on2)o1. The van der Waals surface area contributed by atoms with Gasteiger partial charge in [0.2, 0.25) is 10.9 Å². The number of halogens is 3. The van der Waals surface area contributed by atoms with Crippen molar-refractivity contribution < 1.29 is 30.5 Å². The van der Waals surface area contributed by atoms with Crippen molar-refractivity contribution in [1.82, 2.24) is 9.88 Å². The van der Waals surface area contributed by atoms with Gasteiger partial charge in [0.25, 0.3) is 10.0 Å². The molecule has 0 amide bonds. The summed E-state index contributed by atoms with van der Waals surface area (Å²) in [6.07, 6.45) is -0.173. The van der Waals surface area contributed by atoms with Crippen molar-refractivity contribution in [2.45, 2.75) is 49.4 Å². The zero-order valence-electron chi connectivity index (χ0n) is 12.5. The maximum Gasteiger partial charge on any atom is 0.452 e. The van der Waals surface area contributed by atoms with E-state index in [9.17, 15) is 21.6 Å². The Hall–Kier alpha value is -1.81. The lowest BCUT2D eigenvalue weighted by molar-refractivity contribution is -0.155. The van der Waals surface area contributed by atoms with Gasteiger partial charge in [-0.25, -0.2) is 13.1 Å². The molecule has 24 heavy (non-hydrogen) atoms. The maximum atomic E-state index is 12.5. The second kappa shape index (κ2) is 6.25. The van der Waals surface area contributed by atoms with E-state index >= 15 is 0 Å². The molecule has 2 aromatic rings. The van der Waals surface area contributed by atoms with Gasteiger partial charge in [-0.3, -0.25) is 0 Å². The van der Waals surface area contributed by atoms with Gasteiger partial charge in [-0.1, -0.05) is 24.4 Å². The molecule has 132 valence electrons. The Morgan fingerprint density at radius 3 is 2.50 bits per heavy atom. The van der Waals surface area contributed by atoms with Gasteiger partial charge in [0.15, 0.2) is 5.76 Å². The van der Waals surface area contributed by atoms with E-state index in [1.54, 1.807) is 0 Å². The number of furan rings is 1. The fourth-order valence-electron chi connectivity index (χ4n) is 2.63. The van der Waals surface area contributed by atoms with Crippen molar-refractivity contribution in [3.05, 3.63) is 24.0 Å². The summed E-state index contributed by atoms with van der Waals surface area (Å²) in [5, 5.41) is 2.90. The minimum Gasteiger partial charge on any atom is -0.441 e. The molecule has 0 saturated heterocycles. The summed E-state index contributed by atoms with van der Waals surface area (Å²) in [5.74, 6) is -1.39. The number of alkyl halides is 3. The Bertz CT molecular complexity index is 804. The molecule has 2 aromatic heterocycles. The van der Waals surface area contributed by atoms with Crippen LogP contribution in [-0.2, 0) is 16.2 Å². The first kappa shape index (κ1) is 17.0. The third-order valence-corrected chi connectivity index (χ3v) is 5.21. The summed E-state index contributed by atoms with van der Waals surface area (Å²) < 4.78 is 74.0. The van der Waals surface area contributed by atoms with Gasteiger partial charge in [0.1, 0.15) is 5.69 Å². The number of aromatic nitrogens is 1. The highest BCUT2D eigenvalue weighted by molar-refractivity contribution is 7.89. The third kappa shape index (κ3) is 3.64. The number of nitrogens with one attached hydrogen (secondary N) is 1. The normalized spacial score (nSPS) is 17.3. The van der Waals surface area contributed by atoms with Gasteiger partial charge < -0.3 is 8.94 Å². The molecule has 1 saturated carbocycles. The van der Waals surface area contributed by atoms with Gasteiger partial charge in [-0.15, -0.1) is 0 Å². The molecule has 0 spiro atoms. The second-order valence-corrected chi connectivity index (χ2v) is 7.29. The molecule has 0 aliphatic heterocycles. The number of rotatable bonds is 4. The van der Waals surface area contributed by atoms with Crippen LogP contribution in [0, 0.1) is 0 Å². The lowest BCUT2D eigenvalue weighted by Gasteiger charge is -2.21. The molecule has 3 rings (SSSR count). The number of sulfonamides is 1. The van der Waals surface area contributed by atoms with Crippen LogP contribution in [0.5, 0.6) is 0 Å². The fraction of sp³-hybridized carbons (Fsp3) is 0.500. The summed E-state index contributed by atoms with van der Waals surface area (Å²) in [6, 6.07) is 2.93. The molecule has 0 bridgehead atoms. The minimum absolute atomic E-state index is 0.113. The molecule has 1 N–H and O–H groups in total. The van der Waals surface area contributed by atoms with Gasteiger partial charge in [0.05, 0.1) is 0 Å². The first-order valence-electron chi connectivity index (χ1n) is 7.42. The molecule has 0 radical (unpaired) electrons. The molecule has 1 aliphatic rings. The Morgan fingerprint density at radius 2 is 1.88 bits per heavy atom. The fourth-order valence-corrected chi connectivity index (χ4v) is 3.86. The molecule has 0 aromatic carbocycles. The predicted molar refractivity (Wildman–Crippen MR) is 76.4 cm³/mol. The summed E-state index contributed by atoms with van der Waals surface area (Å²) in [7, 11) is -3.87. The number of nitrogens with zero attached hydrogens (tertiary/aromatic N) is 1. The van der Waals surface area contributed by atoms with Crippen LogP contribution in [-0.4, -0.2) is 19.6 Å². The van der Waals surface area contributed by atoms with E-state index in [4.69, 9.17) is 4.42 Å². The average Bonchev–Trinajstić information content (AvgIpc) is 3.17. The van der Waals surface area contributed by atoms with Crippen LogP contribution >= 0.6 is 0 Å². The first-order chi connectivity index (χ1) is 11.3. The van der Waals surface area contributed by atoms with Crippen LogP contribution in [0.4, 0.5) is 13.2 Å². The van der Waals surface area contributed by atoms with E-state index in [0.29, 0.717) is 6.07 Å². The smallest absolute Gasteiger partial charge is 0.441 e. The van der Waals surface area contributed by atoms with Crippen LogP contribution < -0.4 is 4.72 Å². The average molecular weight is 364 g/mol. The highest BCUT2D eigenvalue weighted by Gasteiger charge is 2.36. The zero-order valence-corrected chi connectivity index (χ0v) is 13.3. The van der Waals surface area contributed by atoms with Crippen LogP contribution in [0.15, 0.2) is 32.2 Å². The Balaban J connectivity index is 1.78. The molecule has 1 fully saturated rings. The molecular formula is C14H15F3N2O4S. The van der Waals surface area contributed by atoms with E-state index in [1.165, 1.54) is 12.1 Å². The van der Waals surface area contributed by atoms with Gasteiger partial charge in [-0.2, -0.15) is 13.2 Å². The van der Waals surface area contributed by atoms with Crippen molar-refractivity contribution in [2.24, 2.45) is 0 Å². The van der Waals surface area contributed by atoms with Gasteiger partial charge in [-0.05, 0) is 25.0 Å². The Labute approximate surface area is 136 Å². The Kier molecular flexibility index (Phi) is 4.43. The number of hydrogen-bond donors (Lipinski definition) is 1. The zero-order chi connectivity index (χ0) is 17.4. The molecule has 2 heterocycles. The first-order valence-corrected chi connectivity index (χ1v) is 8.90. The maximum absolute atomic E-state index is 12.5. The molecule has 10 heteroatoms. The quantitative estimate of drug-likeness (QED) is 0.896. The lowest BCUT2D eigenvalue weighted by Crippen LogP contribution is -2.35. The van der Waals surface area contributed by atoms with Gasteiger partial charge >= 0.3 is 6.18 Å². The predicted octanol–water partition coefficient (Wildman–Crippen LogP) is 3.56. The molecule has 6 nitrogen and oxygen atoms in total. The molecular weight excluding hydrogens is 349 g/mol. The largest absolute Gasteiger partial charge is 0.452 e. The van der Waals surface area contributed by atoms with E-state index in [-0.39, 0.29) is 22.6 Å². The van der Waals surface area contributed by atoms with Crippen molar-refractivity contribution >= 4 is 10.0 Å². The summed E-state index contributed by atoms with van der Waals surface area (Å²) in [4.78, 5) is 0.